The minimum atomic E-state index is -0.643. The van der Waals surface area contributed by atoms with Crippen molar-refractivity contribution in [3.63, 3.8) is 0 Å². The maximum atomic E-state index is 10.9. The Morgan fingerprint density at radius 1 is 1.42 bits per heavy atom. The third-order valence-electron chi connectivity index (χ3n) is 1.21. The van der Waals surface area contributed by atoms with Crippen molar-refractivity contribution in [2.45, 2.75) is 0 Å². The van der Waals surface area contributed by atoms with Gasteiger partial charge in [0.1, 0.15) is 0 Å². The Labute approximate surface area is 73.6 Å². The molecule has 2 N–H and O–H groups in total. The largest absolute Gasteiger partial charge is 0.351 e. The number of rotatable bonds is 1. The van der Waals surface area contributed by atoms with E-state index in [-0.39, 0.29) is 0 Å². The Kier molecular flexibility index (Phi) is 2.82. The van der Waals surface area contributed by atoms with Gasteiger partial charge in [-0.25, -0.2) is 0 Å². The van der Waals surface area contributed by atoms with Crippen molar-refractivity contribution in [3.8, 4) is 0 Å². The second-order valence-corrected chi connectivity index (χ2v) is 2.83. The number of anilines is 1. The van der Waals surface area contributed by atoms with E-state index >= 15 is 0 Å². The molecule has 0 radical (unpaired) electrons. The fourth-order valence-corrected chi connectivity index (χ4v) is 1.22. The number of thiophene rings is 1. The predicted molar refractivity (Wildman–Crippen MR) is 47.0 cm³/mol. The van der Waals surface area contributed by atoms with Gasteiger partial charge in [0.05, 0.1) is 5.69 Å². The van der Waals surface area contributed by atoms with Gasteiger partial charge in [0, 0.05) is 12.4 Å². The highest BCUT2D eigenvalue weighted by atomic mass is 32.1. The van der Waals surface area contributed by atoms with Crippen LogP contribution >= 0.6 is 11.3 Å². The lowest BCUT2D eigenvalue weighted by molar-refractivity contribution is -0.135. The maximum absolute atomic E-state index is 10.9. The van der Waals surface area contributed by atoms with Gasteiger partial charge in [-0.3, -0.25) is 9.59 Å². The fourth-order valence-electron chi connectivity index (χ4n) is 0.637. The van der Waals surface area contributed by atoms with E-state index in [9.17, 15) is 9.59 Å². The Morgan fingerprint density at radius 2 is 2.17 bits per heavy atom. The Morgan fingerprint density at radius 3 is 2.67 bits per heavy atom. The van der Waals surface area contributed by atoms with E-state index < -0.39 is 11.8 Å². The maximum Gasteiger partial charge on any atom is 0.313 e. The van der Waals surface area contributed by atoms with Crippen molar-refractivity contribution < 1.29 is 9.59 Å². The standard InChI is InChI=1S/C7H8N2O2S/c1-8-6(10)7(11)9-5-2-3-12-4-5/h2-4H,1H3,(H,8,10)(H,9,11). The van der Waals surface area contributed by atoms with Crippen molar-refractivity contribution in [1.82, 2.24) is 5.32 Å². The number of amides is 2. The van der Waals surface area contributed by atoms with Crippen LogP contribution in [0.5, 0.6) is 0 Å². The molecule has 0 saturated heterocycles. The number of nitrogens with one attached hydrogen (secondary N) is 2. The predicted octanol–water partition coefficient (Wildman–Crippen LogP) is 0.433. The molecule has 5 heteroatoms. The van der Waals surface area contributed by atoms with Gasteiger partial charge in [-0.2, -0.15) is 11.3 Å². The number of likely N-dealkylation sites (N-methyl/N-ethyl adjacent to an activating group) is 1. The average Bonchev–Trinajstić information content (AvgIpc) is 2.55. The van der Waals surface area contributed by atoms with Crippen molar-refractivity contribution in [1.29, 1.82) is 0 Å². The highest BCUT2D eigenvalue weighted by molar-refractivity contribution is 7.08. The average molecular weight is 184 g/mol. The van der Waals surface area contributed by atoms with Crippen LogP contribution in [0.15, 0.2) is 16.8 Å². The van der Waals surface area contributed by atoms with Gasteiger partial charge in [0.2, 0.25) is 0 Å². The van der Waals surface area contributed by atoms with Crippen LogP contribution in [-0.4, -0.2) is 18.9 Å². The lowest BCUT2D eigenvalue weighted by Crippen LogP contribution is -2.32. The summed E-state index contributed by atoms with van der Waals surface area (Å²) in [4.78, 5) is 21.6. The molecule has 0 aliphatic rings. The Balaban J connectivity index is 2.53. The third kappa shape index (κ3) is 2.06. The quantitative estimate of drug-likeness (QED) is 0.622. The van der Waals surface area contributed by atoms with Gasteiger partial charge in [0.15, 0.2) is 0 Å². The highest BCUT2D eigenvalue weighted by Gasteiger charge is 2.10. The number of carbonyl (C=O) groups is 2. The second-order valence-electron chi connectivity index (χ2n) is 2.05. The minimum Gasteiger partial charge on any atom is -0.351 e. The van der Waals surface area contributed by atoms with Crippen LogP contribution in [0.4, 0.5) is 5.69 Å². The molecule has 0 aliphatic heterocycles. The third-order valence-corrected chi connectivity index (χ3v) is 1.90. The first-order valence-corrected chi connectivity index (χ1v) is 4.23. The molecular weight excluding hydrogens is 176 g/mol. The van der Waals surface area contributed by atoms with Crippen molar-refractivity contribution in [2.24, 2.45) is 0 Å². The minimum absolute atomic E-state index is 0.638. The topological polar surface area (TPSA) is 58.2 Å². The first kappa shape index (κ1) is 8.73. The van der Waals surface area contributed by atoms with Crippen molar-refractivity contribution >= 4 is 28.8 Å². The zero-order chi connectivity index (χ0) is 8.97. The van der Waals surface area contributed by atoms with Crippen molar-refractivity contribution in [3.05, 3.63) is 16.8 Å². The number of hydrogen-bond donors (Lipinski definition) is 2. The molecule has 4 nitrogen and oxygen atoms in total. The molecule has 0 aromatic carbocycles. The van der Waals surface area contributed by atoms with E-state index in [0.717, 1.165) is 0 Å². The summed E-state index contributed by atoms with van der Waals surface area (Å²) in [5.74, 6) is -1.28. The molecule has 1 rings (SSSR count). The summed E-state index contributed by atoms with van der Waals surface area (Å²) < 4.78 is 0. The lowest BCUT2D eigenvalue weighted by Gasteiger charge is -1.99. The monoisotopic (exact) mass is 184 g/mol. The normalized spacial score (nSPS) is 9.08. The summed E-state index contributed by atoms with van der Waals surface area (Å²) in [6.07, 6.45) is 0. The summed E-state index contributed by atoms with van der Waals surface area (Å²) in [6, 6.07) is 1.73. The van der Waals surface area contributed by atoms with E-state index in [4.69, 9.17) is 0 Å². The summed E-state index contributed by atoms with van der Waals surface area (Å²) in [5.41, 5.74) is 0.647. The molecule has 1 heterocycles. The first-order chi connectivity index (χ1) is 5.74. The molecule has 1 aromatic heterocycles. The van der Waals surface area contributed by atoms with Crippen molar-refractivity contribution in [2.75, 3.05) is 12.4 Å². The van der Waals surface area contributed by atoms with Gasteiger partial charge in [-0.1, -0.05) is 0 Å². The van der Waals surface area contributed by atoms with Crippen LogP contribution in [0.25, 0.3) is 0 Å². The van der Waals surface area contributed by atoms with Gasteiger partial charge in [0.25, 0.3) is 0 Å². The molecule has 0 atom stereocenters. The summed E-state index contributed by atoms with van der Waals surface area (Å²) in [6.45, 7) is 0. The van der Waals surface area contributed by atoms with Crippen LogP contribution < -0.4 is 10.6 Å². The molecule has 0 aliphatic carbocycles. The van der Waals surface area contributed by atoms with Crippen LogP contribution in [0.2, 0.25) is 0 Å². The fraction of sp³-hybridized carbons (Fsp3) is 0.143. The SMILES string of the molecule is CNC(=O)C(=O)Nc1ccsc1. The van der Waals surface area contributed by atoms with Gasteiger partial charge >= 0.3 is 11.8 Å². The molecule has 0 unspecified atom stereocenters. The van der Waals surface area contributed by atoms with Gasteiger partial charge in [-0.05, 0) is 11.4 Å². The van der Waals surface area contributed by atoms with Crippen LogP contribution in [0.3, 0.4) is 0 Å². The number of hydrogen-bond acceptors (Lipinski definition) is 3. The molecule has 12 heavy (non-hydrogen) atoms. The van der Waals surface area contributed by atoms with E-state index in [1.54, 1.807) is 11.4 Å². The molecule has 0 fully saturated rings. The molecule has 0 bridgehead atoms. The number of carbonyl (C=O) groups excluding carboxylic acids is 2. The van der Waals surface area contributed by atoms with E-state index in [2.05, 4.69) is 10.6 Å². The van der Waals surface area contributed by atoms with Gasteiger partial charge < -0.3 is 10.6 Å². The molecular formula is C7H8N2O2S. The van der Waals surface area contributed by atoms with E-state index in [1.165, 1.54) is 18.4 Å². The molecule has 0 spiro atoms. The Bertz CT molecular complexity index is 282. The Hall–Kier alpha value is -1.36. The first-order valence-electron chi connectivity index (χ1n) is 3.29. The van der Waals surface area contributed by atoms with Crippen LogP contribution in [0.1, 0.15) is 0 Å². The van der Waals surface area contributed by atoms with E-state index in [0.29, 0.717) is 5.69 Å². The molecule has 0 saturated carbocycles. The zero-order valence-corrected chi connectivity index (χ0v) is 7.27. The summed E-state index contributed by atoms with van der Waals surface area (Å²) in [7, 11) is 1.41. The van der Waals surface area contributed by atoms with E-state index in [1.807, 2.05) is 5.38 Å². The molecule has 1 aromatic rings. The summed E-state index contributed by atoms with van der Waals surface area (Å²) in [5, 5.41) is 8.23. The molecule has 2 amide bonds. The van der Waals surface area contributed by atoms with Crippen LogP contribution in [0, 0.1) is 0 Å². The zero-order valence-electron chi connectivity index (χ0n) is 6.46. The lowest BCUT2D eigenvalue weighted by atomic mass is 10.5. The summed E-state index contributed by atoms with van der Waals surface area (Å²) >= 11 is 1.45. The molecule has 64 valence electrons. The van der Waals surface area contributed by atoms with Crippen LogP contribution in [-0.2, 0) is 9.59 Å². The second kappa shape index (κ2) is 3.87. The van der Waals surface area contributed by atoms with Gasteiger partial charge in [-0.15, -0.1) is 0 Å². The smallest absolute Gasteiger partial charge is 0.313 e. The highest BCUT2D eigenvalue weighted by Crippen LogP contribution is 2.10.